The molecule has 0 spiro atoms. The minimum Gasteiger partial charge on any atom is -0.465 e. The topological polar surface area (TPSA) is 60.1 Å². The normalized spacial score (nSPS) is 14.8. The molecule has 1 saturated carbocycles. The maximum Gasteiger partial charge on any atom is 0.249 e. The van der Waals surface area contributed by atoms with E-state index in [0.29, 0.717) is 11.7 Å². The molecule has 0 bridgehead atoms. The van der Waals surface area contributed by atoms with Crippen LogP contribution in [-0.4, -0.2) is 15.7 Å². The molecule has 5 nitrogen and oxygen atoms in total. The second-order valence-corrected chi connectivity index (χ2v) is 5.14. The number of carbonyl (C=O) groups is 1. The molecule has 0 radical (unpaired) electrons. The molecular weight excluding hydrogens is 254 g/mol. The molecule has 5 heteroatoms. The zero-order valence-corrected chi connectivity index (χ0v) is 11.4. The van der Waals surface area contributed by atoms with Crippen molar-refractivity contribution in [2.45, 2.75) is 26.3 Å². The van der Waals surface area contributed by atoms with Crippen LogP contribution in [-0.2, 0) is 11.3 Å². The molecule has 3 rings (SSSR count). The maximum atomic E-state index is 11.9. The molecule has 20 heavy (non-hydrogen) atoms. The second-order valence-electron chi connectivity index (χ2n) is 5.14. The van der Waals surface area contributed by atoms with Gasteiger partial charge in [0, 0.05) is 18.2 Å². The molecule has 0 aliphatic heterocycles. The summed E-state index contributed by atoms with van der Waals surface area (Å²) in [5.41, 5.74) is 0.977. The second kappa shape index (κ2) is 5.36. The van der Waals surface area contributed by atoms with Gasteiger partial charge in [-0.1, -0.05) is 0 Å². The number of anilines is 1. The van der Waals surface area contributed by atoms with Crippen LogP contribution in [0.3, 0.4) is 0 Å². The quantitative estimate of drug-likeness (QED) is 0.851. The zero-order chi connectivity index (χ0) is 13.9. The van der Waals surface area contributed by atoms with Gasteiger partial charge in [-0.15, -0.1) is 0 Å². The van der Waals surface area contributed by atoms with Crippen LogP contribution in [0.2, 0.25) is 0 Å². The van der Waals surface area contributed by atoms with Crippen molar-refractivity contribution in [3.63, 3.8) is 0 Å². The van der Waals surface area contributed by atoms with Gasteiger partial charge in [0.25, 0.3) is 0 Å². The van der Waals surface area contributed by atoms with Gasteiger partial charge in [0.2, 0.25) is 5.91 Å². The Morgan fingerprint density at radius 1 is 1.60 bits per heavy atom. The van der Waals surface area contributed by atoms with E-state index in [1.54, 1.807) is 30.7 Å². The molecule has 1 aliphatic carbocycles. The maximum absolute atomic E-state index is 11.9. The molecular formula is C15H17N3O2. The lowest BCUT2D eigenvalue weighted by Crippen LogP contribution is -2.14. The monoisotopic (exact) mass is 271 g/mol. The fourth-order valence-electron chi connectivity index (χ4n) is 2.03. The number of carbonyl (C=O) groups excluding carboxylic acids is 1. The third kappa shape index (κ3) is 2.99. The number of nitrogens with one attached hydrogen (secondary N) is 1. The van der Waals surface area contributed by atoms with E-state index in [1.807, 2.05) is 11.6 Å². The SMILES string of the molecule is Cc1cnn(CC2CC2)c1NC(=O)C=Cc1ccco1. The van der Waals surface area contributed by atoms with Crippen LogP contribution in [0.5, 0.6) is 0 Å². The van der Waals surface area contributed by atoms with Crippen LogP contribution >= 0.6 is 0 Å². The Balaban J connectivity index is 1.67. The van der Waals surface area contributed by atoms with Gasteiger partial charge in [-0.25, -0.2) is 4.68 Å². The Labute approximate surface area is 117 Å². The van der Waals surface area contributed by atoms with Gasteiger partial charge >= 0.3 is 0 Å². The summed E-state index contributed by atoms with van der Waals surface area (Å²) < 4.78 is 7.02. The minimum absolute atomic E-state index is 0.179. The third-order valence-corrected chi connectivity index (χ3v) is 3.33. The molecule has 0 saturated heterocycles. The van der Waals surface area contributed by atoms with Crippen LogP contribution in [0, 0.1) is 12.8 Å². The van der Waals surface area contributed by atoms with Crippen molar-refractivity contribution in [1.29, 1.82) is 0 Å². The van der Waals surface area contributed by atoms with E-state index >= 15 is 0 Å². The highest BCUT2D eigenvalue weighted by Crippen LogP contribution is 2.31. The molecule has 2 heterocycles. The first-order valence-electron chi connectivity index (χ1n) is 6.77. The van der Waals surface area contributed by atoms with Crippen molar-refractivity contribution in [2.24, 2.45) is 5.92 Å². The van der Waals surface area contributed by atoms with Crippen molar-refractivity contribution in [3.05, 3.63) is 42.0 Å². The molecule has 1 fully saturated rings. The van der Waals surface area contributed by atoms with Gasteiger partial charge in [0.05, 0.1) is 12.5 Å². The lowest BCUT2D eigenvalue weighted by molar-refractivity contribution is -0.111. The van der Waals surface area contributed by atoms with E-state index in [0.717, 1.165) is 17.9 Å². The van der Waals surface area contributed by atoms with Crippen molar-refractivity contribution in [1.82, 2.24) is 9.78 Å². The zero-order valence-electron chi connectivity index (χ0n) is 11.4. The summed E-state index contributed by atoms with van der Waals surface area (Å²) in [5, 5.41) is 7.21. The number of rotatable bonds is 5. The van der Waals surface area contributed by atoms with E-state index in [4.69, 9.17) is 4.42 Å². The third-order valence-electron chi connectivity index (χ3n) is 3.33. The summed E-state index contributed by atoms with van der Waals surface area (Å²) in [4.78, 5) is 11.9. The van der Waals surface area contributed by atoms with Crippen molar-refractivity contribution in [3.8, 4) is 0 Å². The summed E-state index contributed by atoms with van der Waals surface area (Å²) >= 11 is 0. The average molecular weight is 271 g/mol. The summed E-state index contributed by atoms with van der Waals surface area (Å²) in [6.07, 6.45) is 8.98. The Kier molecular flexibility index (Phi) is 3.41. The summed E-state index contributed by atoms with van der Waals surface area (Å²) in [5.74, 6) is 1.97. The van der Waals surface area contributed by atoms with Gasteiger partial charge in [0.1, 0.15) is 11.6 Å². The van der Waals surface area contributed by atoms with E-state index in [2.05, 4.69) is 10.4 Å². The van der Waals surface area contributed by atoms with Crippen LogP contribution in [0.15, 0.2) is 35.1 Å². The first-order valence-corrected chi connectivity index (χ1v) is 6.77. The van der Waals surface area contributed by atoms with Gasteiger partial charge in [0.15, 0.2) is 0 Å². The molecule has 1 amide bonds. The molecule has 1 N–H and O–H groups in total. The molecule has 0 aromatic carbocycles. The number of furan rings is 1. The predicted octanol–water partition coefficient (Wildman–Crippen LogP) is 2.85. The molecule has 0 atom stereocenters. The van der Waals surface area contributed by atoms with Gasteiger partial charge in [-0.05, 0) is 43.9 Å². The molecule has 0 unspecified atom stereocenters. The minimum atomic E-state index is -0.179. The fraction of sp³-hybridized carbons (Fsp3) is 0.333. The number of nitrogens with zero attached hydrogens (tertiary/aromatic N) is 2. The van der Waals surface area contributed by atoms with Crippen LogP contribution in [0.1, 0.15) is 24.2 Å². The van der Waals surface area contributed by atoms with E-state index < -0.39 is 0 Å². The summed E-state index contributed by atoms with van der Waals surface area (Å²) in [6, 6.07) is 3.58. The van der Waals surface area contributed by atoms with E-state index in [9.17, 15) is 4.79 Å². The fourth-order valence-corrected chi connectivity index (χ4v) is 2.03. The average Bonchev–Trinajstić information content (AvgIpc) is 2.97. The molecule has 2 aromatic heterocycles. The first-order chi connectivity index (χ1) is 9.72. The smallest absolute Gasteiger partial charge is 0.249 e. The standard InChI is InChI=1S/C15H17N3O2/c1-11-9-16-18(10-12-4-5-12)15(11)17-14(19)7-6-13-3-2-8-20-13/h2-3,6-9,12H,4-5,10H2,1H3,(H,17,19). The van der Waals surface area contributed by atoms with Gasteiger partial charge < -0.3 is 9.73 Å². The number of hydrogen-bond donors (Lipinski definition) is 1. The number of hydrogen-bond acceptors (Lipinski definition) is 3. The summed E-state index contributed by atoms with van der Waals surface area (Å²) in [7, 11) is 0. The number of amides is 1. The highest BCUT2D eigenvalue weighted by molar-refractivity contribution is 6.01. The highest BCUT2D eigenvalue weighted by atomic mass is 16.3. The molecule has 104 valence electrons. The van der Waals surface area contributed by atoms with Gasteiger partial charge in [-0.2, -0.15) is 5.10 Å². The van der Waals surface area contributed by atoms with E-state index in [1.165, 1.54) is 18.9 Å². The van der Waals surface area contributed by atoms with Gasteiger partial charge in [-0.3, -0.25) is 4.79 Å². The predicted molar refractivity (Wildman–Crippen MR) is 76.1 cm³/mol. The van der Waals surface area contributed by atoms with Crippen molar-refractivity contribution < 1.29 is 9.21 Å². The Morgan fingerprint density at radius 3 is 3.15 bits per heavy atom. The van der Waals surface area contributed by atoms with Crippen LogP contribution in [0.25, 0.3) is 6.08 Å². The van der Waals surface area contributed by atoms with Crippen molar-refractivity contribution >= 4 is 17.8 Å². The van der Waals surface area contributed by atoms with Crippen molar-refractivity contribution in [2.75, 3.05) is 5.32 Å². The number of aromatic nitrogens is 2. The lowest BCUT2D eigenvalue weighted by atomic mass is 10.3. The highest BCUT2D eigenvalue weighted by Gasteiger charge is 2.23. The largest absolute Gasteiger partial charge is 0.465 e. The first kappa shape index (κ1) is 12.7. The Morgan fingerprint density at radius 2 is 2.45 bits per heavy atom. The summed E-state index contributed by atoms with van der Waals surface area (Å²) in [6.45, 7) is 2.83. The van der Waals surface area contributed by atoms with Crippen LogP contribution < -0.4 is 5.32 Å². The Hall–Kier alpha value is -2.30. The lowest BCUT2D eigenvalue weighted by Gasteiger charge is -2.08. The molecule has 1 aliphatic rings. The van der Waals surface area contributed by atoms with E-state index in [-0.39, 0.29) is 5.91 Å². The van der Waals surface area contributed by atoms with Crippen LogP contribution in [0.4, 0.5) is 5.82 Å². The molecule has 2 aromatic rings. The Bertz CT molecular complexity index is 622. The number of aryl methyl sites for hydroxylation is 1.